The Bertz CT molecular complexity index is 429. The Hall–Kier alpha value is -1.58. The molecule has 1 aliphatic carbocycles. The molecule has 4 heteroatoms. The minimum Gasteiger partial charge on any atom is -0.398 e. The Morgan fingerprint density at radius 1 is 1.59 bits per heavy atom. The van der Waals surface area contributed by atoms with Crippen molar-refractivity contribution < 1.29 is 9.18 Å². The molecular formula is C13H17FN2O. The van der Waals surface area contributed by atoms with Crippen molar-refractivity contribution in [2.75, 3.05) is 5.73 Å². The molecule has 0 spiro atoms. The van der Waals surface area contributed by atoms with Gasteiger partial charge in [0, 0.05) is 11.7 Å². The first-order valence-corrected chi connectivity index (χ1v) is 5.92. The fraction of sp³-hybridized carbons (Fsp3) is 0.462. The first kappa shape index (κ1) is 11.9. The van der Waals surface area contributed by atoms with Gasteiger partial charge in [0.05, 0.1) is 5.56 Å². The Kier molecular flexibility index (Phi) is 3.31. The lowest BCUT2D eigenvalue weighted by Crippen LogP contribution is -2.33. The van der Waals surface area contributed by atoms with Crippen LogP contribution in [0.15, 0.2) is 18.2 Å². The fourth-order valence-electron chi connectivity index (χ4n) is 1.95. The highest BCUT2D eigenvalue weighted by Gasteiger charge is 2.24. The highest BCUT2D eigenvalue weighted by Crippen LogP contribution is 2.33. The molecule has 0 radical (unpaired) electrons. The Morgan fingerprint density at radius 3 is 2.88 bits per heavy atom. The molecule has 1 atom stereocenters. The summed E-state index contributed by atoms with van der Waals surface area (Å²) in [4.78, 5) is 11.9. The maximum atomic E-state index is 12.8. The number of carbonyl (C=O) groups is 1. The van der Waals surface area contributed by atoms with E-state index < -0.39 is 5.82 Å². The zero-order valence-corrected chi connectivity index (χ0v) is 9.87. The molecular weight excluding hydrogens is 219 g/mol. The zero-order chi connectivity index (χ0) is 12.4. The van der Waals surface area contributed by atoms with Crippen molar-refractivity contribution in [3.63, 3.8) is 0 Å². The van der Waals surface area contributed by atoms with Crippen LogP contribution in [0.2, 0.25) is 0 Å². The summed E-state index contributed by atoms with van der Waals surface area (Å²) in [5, 5.41) is 2.89. The molecule has 1 aliphatic rings. The number of nitrogens with two attached hydrogens (primary N) is 1. The van der Waals surface area contributed by atoms with Crippen molar-refractivity contribution in [2.45, 2.75) is 32.2 Å². The molecule has 0 aliphatic heterocycles. The van der Waals surface area contributed by atoms with Gasteiger partial charge in [0.2, 0.25) is 0 Å². The van der Waals surface area contributed by atoms with Gasteiger partial charge in [-0.1, -0.05) is 12.8 Å². The van der Waals surface area contributed by atoms with Gasteiger partial charge in [0.1, 0.15) is 5.82 Å². The second-order valence-electron chi connectivity index (χ2n) is 4.79. The summed E-state index contributed by atoms with van der Waals surface area (Å²) in [6.07, 6.45) is 3.53. The second kappa shape index (κ2) is 4.73. The lowest BCUT2D eigenvalue weighted by atomic mass is 10.1. The van der Waals surface area contributed by atoms with E-state index in [2.05, 4.69) is 5.32 Å². The third-order valence-corrected chi connectivity index (χ3v) is 3.02. The van der Waals surface area contributed by atoms with Crippen LogP contribution in [-0.4, -0.2) is 11.9 Å². The molecule has 1 fully saturated rings. The molecule has 92 valence electrons. The summed E-state index contributed by atoms with van der Waals surface area (Å²) < 4.78 is 12.8. The van der Waals surface area contributed by atoms with Gasteiger partial charge in [0.25, 0.3) is 5.91 Å². The van der Waals surface area contributed by atoms with Gasteiger partial charge in [-0.15, -0.1) is 0 Å². The molecule has 1 aromatic carbocycles. The minimum absolute atomic E-state index is 0.138. The van der Waals surface area contributed by atoms with Gasteiger partial charge in [-0.05, 0) is 37.5 Å². The second-order valence-corrected chi connectivity index (χ2v) is 4.79. The largest absolute Gasteiger partial charge is 0.398 e. The lowest BCUT2D eigenvalue weighted by molar-refractivity contribution is 0.0938. The van der Waals surface area contributed by atoms with Gasteiger partial charge in [-0.25, -0.2) is 4.39 Å². The number of hydrogen-bond donors (Lipinski definition) is 2. The van der Waals surface area contributed by atoms with E-state index in [1.165, 1.54) is 31.0 Å². The predicted molar refractivity (Wildman–Crippen MR) is 65.1 cm³/mol. The van der Waals surface area contributed by atoms with Crippen LogP contribution in [0.1, 0.15) is 36.5 Å². The molecule has 1 aromatic rings. The van der Waals surface area contributed by atoms with Crippen molar-refractivity contribution in [1.82, 2.24) is 5.32 Å². The summed E-state index contributed by atoms with van der Waals surface area (Å²) in [6.45, 7) is 1.98. The van der Waals surface area contributed by atoms with Crippen LogP contribution in [0.4, 0.5) is 10.1 Å². The van der Waals surface area contributed by atoms with E-state index >= 15 is 0 Å². The monoisotopic (exact) mass is 236 g/mol. The van der Waals surface area contributed by atoms with Gasteiger partial charge < -0.3 is 11.1 Å². The van der Waals surface area contributed by atoms with Crippen LogP contribution in [0, 0.1) is 11.7 Å². The summed E-state index contributed by atoms with van der Waals surface area (Å²) in [5.74, 6) is 0.108. The van der Waals surface area contributed by atoms with Crippen LogP contribution in [0.25, 0.3) is 0 Å². The highest BCUT2D eigenvalue weighted by molar-refractivity contribution is 5.99. The topological polar surface area (TPSA) is 55.1 Å². The van der Waals surface area contributed by atoms with E-state index in [0.717, 1.165) is 12.3 Å². The number of hydrogen-bond acceptors (Lipinski definition) is 2. The predicted octanol–water partition coefficient (Wildman–Crippen LogP) is 2.33. The zero-order valence-electron chi connectivity index (χ0n) is 9.87. The standard InChI is InChI=1S/C13H17FN2O/c1-8(6-9-2-3-9)16-13(17)11-5-4-10(14)7-12(11)15/h4-5,7-9H,2-3,6,15H2,1H3,(H,16,17). The molecule has 3 nitrogen and oxygen atoms in total. The normalized spacial score (nSPS) is 16.6. The van der Waals surface area contributed by atoms with E-state index in [-0.39, 0.29) is 17.6 Å². The van der Waals surface area contributed by atoms with Gasteiger partial charge in [-0.3, -0.25) is 4.79 Å². The number of halogens is 1. The van der Waals surface area contributed by atoms with Crippen LogP contribution in [0.5, 0.6) is 0 Å². The summed E-state index contributed by atoms with van der Waals surface area (Å²) in [6, 6.07) is 3.97. The number of nitrogens with one attached hydrogen (secondary N) is 1. The average molecular weight is 236 g/mol. The Labute approximate surface area is 100 Å². The summed E-state index contributed by atoms with van der Waals surface area (Å²) >= 11 is 0. The number of rotatable bonds is 4. The van der Waals surface area contributed by atoms with Gasteiger partial charge in [0.15, 0.2) is 0 Å². The van der Waals surface area contributed by atoms with Gasteiger partial charge >= 0.3 is 0 Å². The number of carbonyl (C=O) groups excluding carboxylic acids is 1. The van der Waals surface area contributed by atoms with Crippen molar-refractivity contribution in [1.29, 1.82) is 0 Å². The maximum absolute atomic E-state index is 12.8. The van der Waals surface area contributed by atoms with Crippen molar-refractivity contribution >= 4 is 11.6 Å². The van der Waals surface area contributed by atoms with Crippen molar-refractivity contribution in [2.24, 2.45) is 5.92 Å². The van der Waals surface area contributed by atoms with Crippen LogP contribution >= 0.6 is 0 Å². The summed E-state index contributed by atoms with van der Waals surface area (Å²) in [7, 11) is 0. The van der Waals surface area contributed by atoms with E-state index in [0.29, 0.717) is 5.56 Å². The summed E-state index contributed by atoms with van der Waals surface area (Å²) in [5.41, 5.74) is 6.13. The molecule has 17 heavy (non-hydrogen) atoms. The number of amides is 1. The quantitative estimate of drug-likeness (QED) is 0.788. The highest BCUT2D eigenvalue weighted by atomic mass is 19.1. The molecule has 2 rings (SSSR count). The van der Waals surface area contributed by atoms with E-state index in [1.807, 2.05) is 6.92 Å². The van der Waals surface area contributed by atoms with E-state index in [1.54, 1.807) is 0 Å². The third-order valence-electron chi connectivity index (χ3n) is 3.02. The molecule has 0 heterocycles. The molecule has 0 aromatic heterocycles. The molecule has 1 saturated carbocycles. The lowest BCUT2D eigenvalue weighted by Gasteiger charge is -2.14. The van der Waals surface area contributed by atoms with E-state index in [9.17, 15) is 9.18 Å². The number of nitrogen functional groups attached to an aromatic ring is 1. The first-order valence-electron chi connectivity index (χ1n) is 5.92. The number of anilines is 1. The molecule has 1 amide bonds. The minimum atomic E-state index is -0.426. The Balaban J connectivity index is 1.98. The SMILES string of the molecule is CC(CC1CC1)NC(=O)c1ccc(F)cc1N. The molecule has 0 bridgehead atoms. The smallest absolute Gasteiger partial charge is 0.253 e. The van der Waals surface area contributed by atoms with E-state index in [4.69, 9.17) is 5.73 Å². The van der Waals surface area contributed by atoms with Crippen molar-refractivity contribution in [3.8, 4) is 0 Å². The Morgan fingerprint density at radius 2 is 2.29 bits per heavy atom. The third kappa shape index (κ3) is 3.19. The van der Waals surface area contributed by atoms with Crippen LogP contribution < -0.4 is 11.1 Å². The average Bonchev–Trinajstić information content (AvgIpc) is 3.00. The molecule has 1 unspecified atom stereocenters. The fourth-order valence-corrected chi connectivity index (χ4v) is 1.95. The van der Waals surface area contributed by atoms with Crippen LogP contribution in [0.3, 0.4) is 0 Å². The van der Waals surface area contributed by atoms with Gasteiger partial charge in [-0.2, -0.15) is 0 Å². The number of benzene rings is 1. The molecule has 0 saturated heterocycles. The first-order chi connectivity index (χ1) is 8.06. The maximum Gasteiger partial charge on any atom is 0.253 e. The van der Waals surface area contributed by atoms with Crippen molar-refractivity contribution in [3.05, 3.63) is 29.6 Å². The molecule has 3 N–H and O–H groups in total. The van der Waals surface area contributed by atoms with Crippen LogP contribution in [-0.2, 0) is 0 Å².